The molecule has 14 heavy (non-hydrogen) atoms. The van der Waals surface area contributed by atoms with Gasteiger partial charge in [-0.1, -0.05) is 58.4 Å². The van der Waals surface area contributed by atoms with Gasteiger partial charge in [0.25, 0.3) is 0 Å². The van der Waals surface area contributed by atoms with Crippen molar-refractivity contribution in [1.29, 1.82) is 0 Å². The van der Waals surface area contributed by atoms with Gasteiger partial charge >= 0.3 is 0 Å². The van der Waals surface area contributed by atoms with Gasteiger partial charge in [0.05, 0.1) is 0 Å². The number of hydrogen-bond acceptors (Lipinski definition) is 0. The second kappa shape index (κ2) is 6.64. The Morgan fingerprint density at radius 3 is 2.14 bits per heavy atom. The molecule has 0 amide bonds. The van der Waals surface area contributed by atoms with E-state index < -0.39 is 0 Å². The molecule has 0 N–H and O–H groups in total. The molecule has 0 saturated heterocycles. The van der Waals surface area contributed by atoms with Gasteiger partial charge in [-0.2, -0.15) is 0 Å². The van der Waals surface area contributed by atoms with E-state index in [-0.39, 0.29) is 0 Å². The Kier molecular flexibility index (Phi) is 6.27. The summed E-state index contributed by atoms with van der Waals surface area (Å²) < 4.78 is 0. The molecule has 80 valence electrons. The molecule has 0 unspecified atom stereocenters. The lowest BCUT2D eigenvalue weighted by atomic mass is 9.94. The first-order chi connectivity index (χ1) is 6.65. The van der Waals surface area contributed by atoms with Crippen LogP contribution < -0.4 is 0 Å². The number of hydrogen-bond donors (Lipinski definition) is 0. The predicted molar refractivity (Wildman–Crippen MR) is 66.0 cm³/mol. The minimum atomic E-state index is 0.653. The normalized spacial score (nSPS) is 9.64. The first-order valence-corrected chi connectivity index (χ1v) is 5.74. The van der Waals surface area contributed by atoms with Crippen molar-refractivity contribution < 1.29 is 0 Å². The minimum absolute atomic E-state index is 0.653. The van der Waals surface area contributed by atoms with Crippen molar-refractivity contribution in [1.82, 2.24) is 0 Å². The Bertz CT molecular complexity index is 259. The Labute approximate surface area is 89.4 Å². The van der Waals surface area contributed by atoms with Crippen LogP contribution in [0.1, 0.15) is 57.2 Å². The summed E-state index contributed by atoms with van der Waals surface area (Å²) >= 11 is 0. The number of rotatable bonds is 2. The average molecular weight is 192 g/mol. The summed E-state index contributed by atoms with van der Waals surface area (Å²) in [6.07, 6.45) is 1.15. The quantitative estimate of drug-likeness (QED) is 0.636. The molecular weight excluding hydrogens is 168 g/mol. The molecule has 0 aliphatic carbocycles. The molecular formula is C14H24. The van der Waals surface area contributed by atoms with Crippen molar-refractivity contribution in [2.45, 2.75) is 53.9 Å². The fourth-order valence-corrected chi connectivity index (χ4v) is 1.60. The number of aryl methyl sites for hydroxylation is 2. The molecule has 0 radical (unpaired) electrons. The van der Waals surface area contributed by atoms with E-state index in [1.165, 1.54) is 16.7 Å². The summed E-state index contributed by atoms with van der Waals surface area (Å²) in [5.41, 5.74) is 4.38. The Morgan fingerprint density at radius 2 is 1.71 bits per heavy atom. The highest BCUT2D eigenvalue weighted by Crippen LogP contribution is 2.20. The van der Waals surface area contributed by atoms with Crippen LogP contribution in [0.5, 0.6) is 0 Å². The van der Waals surface area contributed by atoms with E-state index in [0.717, 1.165) is 6.42 Å². The lowest BCUT2D eigenvalue weighted by Gasteiger charge is -2.11. The zero-order chi connectivity index (χ0) is 11.1. The first kappa shape index (κ1) is 13.2. The van der Waals surface area contributed by atoms with Crippen LogP contribution in [0, 0.1) is 6.92 Å². The molecule has 0 nitrogen and oxygen atoms in total. The van der Waals surface area contributed by atoms with Crippen molar-refractivity contribution in [2.24, 2.45) is 0 Å². The summed E-state index contributed by atoms with van der Waals surface area (Å²) in [5, 5.41) is 0. The van der Waals surface area contributed by atoms with Gasteiger partial charge in [0.2, 0.25) is 0 Å². The van der Waals surface area contributed by atoms with E-state index in [1.54, 1.807) is 0 Å². The third-order valence-corrected chi connectivity index (χ3v) is 2.30. The summed E-state index contributed by atoms with van der Waals surface area (Å²) in [5.74, 6) is 0.653. The fraction of sp³-hybridized carbons (Fsp3) is 0.571. The molecule has 0 atom stereocenters. The van der Waals surface area contributed by atoms with Crippen molar-refractivity contribution in [2.75, 3.05) is 0 Å². The Balaban J connectivity index is 0.000000791. The van der Waals surface area contributed by atoms with Gasteiger partial charge < -0.3 is 0 Å². The maximum Gasteiger partial charge on any atom is -0.0216 e. The molecule has 0 heteroatoms. The standard InChI is InChI=1S/C12H18.C2H6/c1-5-11-8-10(4)6-7-12(11)9(2)3;1-2/h6-9H,5H2,1-4H3;1-2H3. The second-order valence-corrected chi connectivity index (χ2v) is 3.71. The van der Waals surface area contributed by atoms with Crippen LogP contribution in [-0.4, -0.2) is 0 Å². The highest BCUT2D eigenvalue weighted by molar-refractivity contribution is 5.33. The van der Waals surface area contributed by atoms with Crippen LogP contribution in [0.15, 0.2) is 18.2 Å². The minimum Gasteiger partial charge on any atom is -0.0683 e. The molecule has 0 spiro atoms. The number of benzene rings is 1. The van der Waals surface area contributed by atoms with E-state index in [0.29, 0.717) is 5.92 Å². The lowest BCUT2D eigenvalue weighted by Crippen LogP contribution is -1.95. The topological polar surface area (TPSA) is 0 Å². The Morgan fingerprint density at radius 1 is 1.14 bits per heavy atom. The molecule has 0 bridgehead atoms. The molecule has 0 aliphatic rings. The van der Waals surface area contributed by atoms with Gasteiger partial charge in [-0.3, -0.25) is 0 Å². The molecule has 0 aromatic heterocycles. The maximum absolute atomic E-state index is 2.30. The zero-order valence-corrected chi connectivity index (χ0v) is 10.5. The lowest BCUT2D eigenvalue weighted by molar-refractivity contribution is 0.843. The highest BCUT2D eigenvalue weighted by atomic mass is 14.1. The van der Waals surface area contributed by atoms with Gasteiger partial charge in [-0.25, -0.2) is 0 Å². The van der Waals surface area contributed by atoms with Gasteiger partial charge in [0.1, 0.15) is 0 Å². The smallest absolute Gasteiger partial charge is 0.0216 e. The van der Waals surface area contributed by atoms with Crippen LogP contribution in [0.3, 0.4) is 0 Å². The summed E-state index contributed by atoms with van der Waals surface area (Å²) in [6, 6.07) is 6.77. The summed E-state index contributed by atoms with van der Waals surface area (Å²) in [7, 11) is 0. The molecule has 0 heterocycles. The van der Waals surface area contributed by atoms with Gasteiger partial charge in [-0.15, -0.1) is 0 Å². The van der Waals surface area contributed by atoms with E-state index >= 15 is 0 Å². The largest absolute Gasteiger partial charge is 0.0683 e. The molecule has 1 aromatic rings. The Hall–Kier alpha value is -0.780. The van der Waals surface area contributed by atoms with E-state index in [2.05, 4.69) is 45.9 Å². The molecule has 0 fully saturated rings. The van der Waals surface area contributed by atoms with E-state index in [9.17, 15) is 0 Å². The van der Waals surface area contributed by atoms with E-state index in [4.69, 9.17) is 0 Å². The van der Waals surface area contributed by atoms with Gasteiger partial charge in [0, 0.05) is 0 Å². The summed E-state index contributed by atoms with van der Waals surface area (Å²) in [6.45, 7) is 12.9. The molecule has 0 aliphatic heterocycles. The van der Waals surface area contributed by atoms with Crippen LogP contribution >= 0.6 is 0 Å². The maximum atomic E-state index is 2.30. The second-order valence-electron chi connectivity index (χ2n) is 3.71. The van der Waals surface area contributed by atoms with Gasteiger partial charge in [-0.05, 0) is 30.4 Å². The molecule has 1 aromatic carbocycles. The third kappa shape index (κ3) is 3.53. The third-order valence-electron chi connectivity index (χ3n) is 2.30. The average Bonchev–Trinajstić information content (AvgIpc) is 2.20. The van der Waals surface area contributed by atoms with Crippen molar-refractivity contribution in [3.8, 4) is 0 Å². The van der Waals surface area contributed by atoms with Crippen LogP contribution in [0.2, 0.25) is 0 Å². The monoisotopic (exact) mass is 192 g/mol. The SMILES string of the molecule is CC.CCc1cc(C)ccc1C(C)C. The summed E-state index contributed by atoms with van der Waals surface area (Å²) in [4.78, 5) is 0. The van der Waals surface area contributed by atoms with Crippen LogP contribution in [0.4, 0.5) is 0 Å². The molecule has 0 saturated carbocycles. The van der Waals surface area contributed by atoms with E-state index in [1.807, 2.05) is 13.8 Å². The van der Waals surface area contributed by atoms with Crippen LogP contribution in [0.25, 0.3) is 0 Å². The fourth-order valence-electron chi connectivity index (χ4n) is 1.60. The van der Waals surface area contributed by atoms with Crippen molar-refractivity contribution >= 4 is 0 Å². The van der Waals surface area contributed by atoms with Crippen LogP contribution in [-0.2, 0) is 6.42 Å². The first-order valence-electron chi connectivity index (χ1n) is 5.74. The predicted octanol–water partition coefficient (Wildman–Crippen LogP) is 4.71. The van der Waals surface area contributed by atoms with Gasteiger partial charge in [0.15, 0.2) is 0 Å². The van der Waals surface area contributed by atoms with Crippen molar-refractivity contribution in [3.05, 3.63) is 34.9 Å². The zero-order valence-electron chi connectivity index (χ0n) is 10.5. The molecule has 1 rings (SSSR count). The highest BCUT2D eigenvalue weighted by Gasteiger charge is 2.03. The van der Waals surface area contributed by atoms with Crippen molar-refractivity contribution in [3.63, 3.8) is 0 Å².